The van der Waals surface area contributed by atoms with Crippen molar-refractivity contribution in [3.8, 4) is 29.9 Å². The van der Waals surface area contributed by atoms with Gasteiger partial charge in [-0.25, -0.2) is 0 Å². The Morgan fingerprint density at radius 2 is 2.04 bits per heavy atom. The Kier molecular flexibility index (Phi) is 6.84. The number of nitriles is 1. The summed E-state index contributed by atoms with van der Waals surface area (Å²) in [7, 11) is 1.49. The molecule has 0 aliphatic rings. The average molecular weight is 411 g/mol. The molecule has 0 saturated heterocycles. The summed E-state index contributed by atoms with van der Waals surface area (Å²) in [5, 5.41) is 12.0. The lowest BCUT2D eigenvalue weighted by atomic mass is 10.1. The Morgan fingerprint density at radius 3 is 2.65 bits per heavy atom. The normalized spacial score (nSPS) is 10.4. The van der Waals surface area contributed by atoms with E-state index >= 15 is 0 Å². The number of hydrogen-bond acceptors (Lipinski definition) is 4. The van der Waals surface area contributed by atoms with Crippen molar-refractivity contribution >= 4 is 33.6 Å². The van der Waals surface area contributed by atoms with E-state index < -0.39 is 5.91 Å². The number of nitrogens with zero attached hydrogens (tertiary/aromatic N) is 1. The van der Waals surface area contributed by atoms with E-state index in [9.17, 15) is 10.1 Å². The minimum atomic E-state index is -0.503. The second-order valence-electron chi connectivity index (χ2n) is 5.01. The number of terminal acetylenes is 1. The lowest BCUT2D eigenvalue weighted by Crippen LogP contribution is -2.13. The summed E-state index contributed by atoms with van der Waals surface area (Å²) in [4.78, 5) is 12.3. The van der Waals surface area contributed by atoms with Crippen molar-refractivity contribution < 1.29 is 14.3 Å². The van der Waals surface area contributed by atoms with Crippen LogP contribution in [0.1, 0.15) is 5.56 Å². The summed E-state index contributed by atoms with van der Waals surface area (Å²) < 4.78 is 11.3. The number of rotatable bonds is 6. The molecule has 0 radical (unpaired) electrons. The molecule has 2 aromatic rings. The quantitative estimate of drug-likeness (QED) is 0.443. The van der Waals surface area contributed by atoms with Crippen LogP contribution >= 0.6 is 15.9 Å². The maximum absolute atomic E-state index is 12.3. The largest absolute Gasteiger partial charge is 0.493 e. The van der Waals surface area contributed by atoms with Gasteiger partial charge in [-0.2, -0.15) is 5.26 Å². The minimum Gasteiger partial charge on any atom is -0.493 e. The van der Waals surface area contributed by atoms with Crippen LogP contribution in [0.4, 0.5) is 5.69 Å². The first-order valence-corrected chi connectivity index (χ1v) is 8.30. The topological polar surface area (TPSA) is 71.3 Å². The molecule has 0 bridgehead atoms. The predicted octanol–water partition coefficient (Wildman–Crippen LogP) is 4.02. The van der Waals surface area contributed by atoms with E-state index in [1.807, 2.05) is 12.1 Å². The van der Waals surface area contributed by atoms with Gasteiger partial charge in [0.15, 0.2) is 11.5 Å². The van der Waals surface area contributed by atoms with E-state index in [0.717, 1.165) is 0 Å². The van der Waals surface area contributed by atoms with Gasteiger partial charge in [-0.15, -0.1) is 6.42 Å². The molecule has 0 atom stereocenters. The van der Waals surface area contributed by atoms with Crippen LogP contribution in [-0.4, -0.2) is 19.6 Å². The van der Waals surface area contributed by atoms with Crippen LogP contribution in [0.2, 0.25) is 0 Å². The number of nitrogens with one attached hydrogen (secondary N) is 1. The standard InChI is InChI=1S/C20H15BrN2O3/c1-3-9-26-19-12-17(21)14(11-18(19)25-2)10-15(13-22)20(24)23-16-7-5-4-6-8-16/h1,4-8,10-12H,9H2,2H3,(H,23,24)/b15-10-. The molecule has 0 heterocycles. The van der Waals surface area contributed by atoms with Gasteiger partial charge in [-0.05, 0) is 35.9 Å². The third kappa shape index (κ3) is 4.89. The van der Waals surface area contributed by atoms with Crippen LogP contribution in [0.25, 0.3) is 6.08 Å². The summed E-state index contributed by atoms with van der Waals surface area (Å²) in [6.07, 6.45) is 6.67. The van der Waals surface area contributed by atoms with Crippen molar-refractivity contribution in [1.29, 1.82) is 5.26 Å². The maximum Gasteiger partial charge on any atom is 0.266 e. The molecule has 0 spiro atoms. The van der Waals surface area contributed by atoms with Crippen LogP contribution in [0, 0.1) is 23.7 Å². The summed E-state index contributed by atoms with van der Waals surface area (Å²) >= 11 is 3.40. The van der Waals surface area contributed by atoms with Crippen LogP contribution in [0.5, 0.6) is 11.5 Å². The highest BCUT2D eigenvalue weighted by Gasteiger charge is 2.13. The van der Waals surface area contributed by atoms with Gasteiger partial charge in [0, 0.05) is 10.2 Å². The summed E-state index contributed by atoms with van der Waals surface area (Å²) in [6.45, 7) is 0.0981. The van der Waals surface area contributed by atoms with Crippen molar-refractivity contribution in [3.63, 3.8) is 0 Å². The zero-order valence-electron chi connectivity index (χ0n) is 14.0. The van der Waals surface area contributed by atoms with Crippen molar-refractivity contribution in [2.24, 2.45) is 0 Å². The third-order valence-corrected chi connectivity index (χ3v) is 3.98. The zero-order chi connectivity index (χ0) is 18.9. The van der Waals surface area contributed by atoms with Gasteiger partial charge in [-0.1, -0.05) is 40.0 Å². The number of hydrogen-bond donors (Lipinski definition) is 1. The van der Waals surface area contributed by atoms with Gasteiger partial charge in [0.05, 0.1) is 7.11 Å². The van der Waals surface area contributed by atoms with Gasteiger partial charge >= 0.3 is 0 Å². The fourth-order valence-corrected chi connectivity index (χ4v) is 2.51. The van der Waals surface area contributed by atoms with E-state index in [1.165, 1.54) is 13.2 Å². The van der Waals surface area contributed by atoms with Gasteiger partial charge in [0.25, 0.3) is 5.91 Å². The molecule has 1 N–H and O–H groups in total. The van der Waals surface area contributed by atoms with Crippen molar-refractivity contribution in [2.45, 2.75) is 0 Å². The lowest BCUT2D eigenvalue weighted by molar-refractivity contribution is -0.112. The molecule has 130 valence electrons. The van der Waals surface area contributed by atoms with Crippen molar-refractivity contribution in [3.05, 3.63) is 58.1 Å². The Labute approximate surface area is 160 Å². The molecule has 5 nitrogen and oxygen atoms in total. The first kappa shape index (κ1) is 19.1. The van der Waals surface area contributed by atoms with Gasteiger partial charge in [0.1, 0.15) is 18.2 Å². The predicted molar refractivity (Wildman–Crippen MR) is 104 cm³/mol. The first-order chi connectivity index (χ1) is 12.6. The van der Waals surface area contributed by atoms with Gasteiger partial charge in [0.2, 0.25) is 0 Å². The van der Waals surface area contributed by atoms with Gasteiger partial charge in [-0.3, -0.25) is 4.79 Å². The zero-order valence-corrected chi connectivity index (χ0v) is 15.5. The highest BCUT2D eigenvalue weighted by Crippen LogP contribution is 2.34. The van der Waals surface area contributed by atoms with E-state index in [4.69, 9.17) is 15.9 Å². The highest BCUT2D eigenvalue weighted by molar-refractivity contribution is 9.10. The molecular weight excluding hydrogens is 396 g/mol. The Bertz CT molecular complexity index is 909. The summed E-state index contributed by atoms with van der Waals surface area (Å²) in [6, 6.07) is 14.1. The number of benzene rings is 2. The minimum absolute atomic E-state index is 0.0473. The molecule has 0 aromatic heterocycles. The Hall–Kier alpha value is -3.22. The number of anilines is 1. The molecule has 0 aliphatic heterocycles. The molecule has 2 rings (SSSR count). The van der Waals surface area contributed by atoms with Crippen LogP contribution in [0.15, 0.2) is 52.5 Å². The molecule has 6 heteroatoms. The second-order valence-corrected chi connectivity index (χ2v) is 5.86. The number of para-hydroxylation sites is 1. The van der Waals surface area contributed by atoms with E-state index in [-0.39, 0.29) is 12.2 Å². The van der Waals surface area contributed by atoms with E-state index in [1.54, 1.807) is 36.4 Å². The fraction of sp³-hybridized carbons (Fsp3) is 0.100. The Morgan fingerprint density at radius 1 is 1.31 bits per heavy atom. The monoisotopic (exact) mass is 410 g/mol. The first-order valence-electron chi connectivity index (χ1n) is 7.51. The molecule has 0 fully saturated rings. The molecule has 2 aromatic carbocycles. The number of carbonyl (C=O) groups excluding carboxylic acids is 1. The Balaban J connectivity index is 2.32. The number of amides is 1. The summed E-state index contributed by atoms with van der Waals surface area (Å²) in [5.74, 6) is 2.78. The molecule has 26 heavy (non-hydrogen) atoms. The van der Waals surface area contributed by atoms with E-state index in [2.05, 4.69) is 27.2 Å². The summed E-state index contributed by atoms with van der Waals surface area (Å²) in [5.41, 5.74) is 1.15. The van der Waals surface area contributed by atoms with Gasteiger partial charge < -0.3 is 14.8 Å². The lowest BCUT2D eigenvalue weighted by Gasteiger charge is -2.11. The fourth-order valence-electron chi connectivity index (χ4n) is 2.08. The highest BCUT2D eigenvalue weighted by atomic mass is 79.9. The molecular formula is C20H15BrN2O3. The van der Waals surface area contributed by atoms with Crippen molar-refractivity contribution in [2.75, 3.05) is 19.0 Å². The average Bonchev–Trinajstić information content (AvgIpc) is 2.66. The number of ether oxygens (including phenoxy) is 2. The second kappa shape index (κ2) is 9.31. The molecule has 0 aliphatic carbocycles. The number of carbonyl (C=O) groups is 1. The van der Waals surface area contributed by atoms with Crippen molar-refractivity contribution in [1.82, 2.24) is 0 Å². The SMILES string of the molecule is C#CCOc1cc(Br)c(/C=C(/C#N)C(=O)Nc2ccccc2)cc1OC. The smallest absolute Gasteiger partial charge is 0.266 e. The van der Waals surface area contributed by atoms with E-state index in [0.29, 0.717) is 27.2 Å². The third-order valence-electron chi connectivity index (χ3n) is 3.29. The molecule has 1 amide bonds. The molecule has 0 unspecified atom stereocenters. The number of halogens is 1. The molecule has 0 saturated carbocycles. The van der Waals surface area contributed by atoms with Crippen LogP contribution < -0.4 is 14.8 Å². The van der Waals surface area contributed by atoms with Crippen LogP contribution in [0.3, 0.4) is 0 Å². The maximum atomic E-state index is 12.3. The number of methoxy groups -OCH3 is 1. The van der Waals surface area contributed by atoms with Crippen LogP contribution in [-0.2, 0) is 4.79 Å².